The van der Waals surface area contributed by atoms with Gasteiger partial charge < -0.3 is 16.2 Å². The maximum absolute atomic E-state index is 9.88. The second-order valence-electron chi connectivity index (χ2n) is 4.21. The van der Waals surface area contributed by atoms with Crippen LogP contribution in [0.3, 0.4) is 0 Å². The molecule has 0 aromatic heterocycles. The molecule has 92 valence electrons. The third-order valence-corrected chi connectivity index (χ3v) is 2.87. The zero-order valence-electron chi connectivity index (χ0n) is 9.44. The number of benzene rings is 1. The lowest BCUT2D eigenvalue weighted by Crippen LogP contribution is -2.33. The summed E-state index contributed by atoms with van der Waals surface area (Å²) in [5.74, 6) is 0.403. The molecule has 0 unspecified atom stereocenters. The highest BCUT2D eigenvalue weighted by Gasteiger charge is 2.21. The van der Waals surface area contributed by atoms with Crippen LogP contribution in [0.15, 0.2) is 29.3 Å². The Labute approximate surface area is 105 Å². The summed E-state index contributed by atoms with van der Waals surface area (Å²) in [5, 5.41) is 13.6. The maximum Gasteiger partial charge on any atom is 0.188 e. The van der Waals surface area contributed by atoms with E-state index in [4.69, 9.17) is 17.3 Å². The van der Waals surface area contributed by atoms with Gasteiger partial charge in [-0.25, -0.2) is 0 Å². The molecule has 0 saturated heterocycles. The molecule has 1 aliphatic carbocycles. The van der Waals surface area contributed by atoms with E-state index in [9.17, 15) is 5.11 Å². The predicted octanol–water partition coefficient (Wildman–Crippen LogP) is 1.44. The third-order valence-electron chi connectivity index (χ3n) is 2.62. The Bertz CT molecular complexity index is 401. The molecule has 2 rings (SSSR count). The topological polar surface area (TPSA) is 70.6 Å². The van der Waals surface area contributed by atoms with E-state index < -0.39 is 6.10 Å². The van der Waals surface area contributed by atoms with Gasteiger partial charge in [0.2, 0.25) is 0 Å². The SMILES string of the molecule is NC(=NC[C@H](O)c1ccc(Cl)cc1)NC1CC1. The summed E-state index contributed by atoms with van der Waals surface area (Å²) >= 11 is 5.77. The molecule has 0 amide bonds. The minimum absolute atomic E-state index is 0.257. The molecule has 0 spiro atoms. The van der Waals surface area contributed by atoms with Crippen molar-refractivity contribution >= 4 is 17.6 Å². The summed E-state index contributed by atoms with van der Waals surface area (Å²) in [6, 6.07) is 7.54. The largest absolute Gasteiger partial charge is 0.386 e. The van der Waals surface area contributed by atoms with E-state index in [1.807, 2.05) is 0 Å². The Morgan fingerprint density at radius 1 is 1.47 bits per heavy atom. The van der Waals surface area contributed by atoms with Crippen LogP contribution < -0.4 is 11.1 Å². The van der Waals surface area contributed by atoms with Gasteiger partial charge in [-0.1, -0.05) is 23.7 Å². The van der Waals surface area contributed by atoms with Crippen molar-refractivity contribution in [3.63, 3.8) is 0 Å². The lowest BCUT2D eigenvalue weighted by Gasteiger charge is -2.09. The fourth-order valence-electron chi connectivity index (χ4n) is 1.46. The average Bonchev–Trinajstić information content (AvgIpc) is 3.11. The molecule has 0 radical (unpaired) electrons. The van der Waals surface area contributed by atoms with Crippen molar-refractivity contribution < 1.29 is 5.11 Å². The molecule has 1 atom stereocenters. The van der Waals surface area contributed by atoms with Gasteiger partial charge in [-0.15, -0.1) is 0 Å². The Hall–Kier alpha value is -1.26. The van der Waals surface area contributed by atoms with E-state index in [2.05, 4.69) is 10.3 Å². The summed E-state index contributed by atoms with van der Waals surface area (Å²) in [4.78, 5) is 4.10. The molecule has 0 bridgehead atoms. The molecule has 4 N–H and O–H groups in total. The fourth-order valence-corrected chi connectivity index (χ4v) is 1.58. The van der Waals surface area contributed by atoms with Crippen LogP contribution in [0.1, 0.15) is 24.5 Å². The molecule has 1 aromatic carbocycles. The molecule has 1 saturated carbocycles. The van der Waals surface area contributed by atoms with Crippen LogP contribution in [-0.4, -0.2) is 23.7 Å². The highest BCUT2D eigenvalue weighted by atomic mass is 35.5. The number of nitrogens with two attached hydrogens (primary N) is 1. The highest BCUT2D eigenvalue weighted by Crippen LogP contribution is 2.18. The van der Waals surface area contributed by atoms with E-state index in [-0.39, 0.29) is 6.54 Å². The van der Waals surface area contributed by atoms with Gasteiger partial charge in [-0.3, -0.25) is 4.99 Å². The van der Waals surface area contributed by atoms with Crippen LogP contribution in [0.4, 0.5) is 0 Å². The quantitative estimate of drug-likeness (QED) is 0.562. The van der Waals surface area contributed by atoms with Gasteiger partial charge in [0.15, 0.2) is 5.96 Å². The maximum atomic E-state index is 9.88. The van der Waals surface area contributed by atoms with Crippen LogP contribution in [0.2, 0.25) is 5.02 Å². The van der Waals surface area contributed by atoms with Crippen molar-refractivity contribution in [2.24, 2.45) is 10.7 Å². The fraction of sp³-hybridized carbons (Fsp3) is 0.417. The molecule has 0 aliphatic heterocycles. The van der Waals surface area contributed by atoms with Gasteiger partial charge in [0.05, 0.1) is 12.6 Å². The molecule has 1 aliphatic rings. The summed E-state index contributed by atoms with van der Waals surface area (Å²) in [6.45, 7) is 0.257. The standard InChI is InChI=1S/C12H16ClN3O/c13-9-3-1-8(2-4-9)11(17)7-15-12(14)16-10-5-6-10/h1-4,10-11,17H,5-7H2,(H3,14,15,16)/t11-/m0/s1. The van der Waals surface area contributed by atoms with E-state index in [1.54, 1.807) is 24.3 Å². The zero-order chi connectivity index (χ0) is 12.3. The molecular weight excluding hydrogens is 238 g/mol. The van der Waals surface area contributed by atoms with E-state index in [0.29, 0.717) is 17.0 Å². The predicted molar refractivity (Wildman–Crippen MR) is 69.1 cm³/mol. The summed E-state index contributed by atoms with van der Waals surface area (Å²) < 4.78 is 0. The van der Waals surface area contributed by atoms with E-state index in [1.165, 1.54) is 0 Å². The van der Waals surface area contributed by atoms with Gasteiger partial charge in [-0.2, -0.15) is 0 Å². The van der Waals surface area contributed by atoms with E-state index in [0.717, 1.165) is 18.4 Å². The van der Waals surface area contributed by atoms with Crippen molar-refractivity contribution in [3.05, 3.63) is 34.9 Å². The number of nitrogens with zero attached hydrogens (tertiary/aromatic N) is 1. The van der Waals surface area contributed by atoms with Crippen molar-refractivity contribution in [2.75, 3.05) is 6.54 Å². The number of guanidine groups is 1. The van der Waals surface area contributed by atoms with Crippen molar-refractivity contribution in [1.82, 2.24) is 5.32 Å². The van der Waals surface area contributed by atoms with Crippen LogP contribution in [0, 0.1) is 0 Å². The van der Waals surface area contributed by atoms with Gasteiger partial charge in [0.25, 0.3) is 0 Å². The number of nitrogens with one attached hydrogen (secondary N) is 1. The summed E-state index contributed by atoms with van der Waals surface area (Å²) in [5.41, 5.74) is 6.46. The number of aliphatic hydroxyl groups excluding tert-OH is 1. The minimum Gasteiger partial charge on any atom is -0.386 e. The van der Waals surface area contributed by atoms with Crippen LogP contribution in [0.25, 0.3) is 0 Å². The molecule has 5 heteroatoms. The zero-order valence-corrected chi connectivity index (χ0v) is 10.2. The van der Waals surface area contributed by atoms with Gasteiger partial charge in [-0.05, 0) is 30.5 Å². The van der Waals surface area contributed by atoms with E-state index >= 15 is 0 Å². The van der Waals surface area contributed by atoms with Crippen LogP contribution >= 0.6 is 11.6 Å². The highest BCUT2D eigenvalue weighted by molar-refractivity contribution is 6.30. The number of halogens is 1. The van der Waals surface area contributed by atoms with Crippen molar-refractivity contribution in [2.45, 2.75) is 25.0 Å². The molecule has 4 nitrogen and oxygen atoms in total. The Balaban J connectivity index is 1.87. The number of aliphatic hydroxyl groups is 1. The number of hydrogen-bond acceptors (Lipinski definition) is 2. The Kier molecular flexibility index (Phi) is 3.86. The first kappa shape index (κ1) is 12.2. The van der Waals surface area contributed by atoms with Crippen LogP contribution in [-0.2, 0) is 0 Å². The lowest BCUT2D eigenvalue weighted by atomic mass is 10.1. The first-order chi connectivity index (χ1) is 8.15. The molecule has 1 aromatic rings. The second-order valence-corrected chi connectivity index (χ2v) is 4.65. The summed E-state index contributed by atoms with van der Waals surface area (Å²) in [6.07, 6.45) is 1.65. The molecular formula is C12H16ClN3O. The van der Waals surface area contributed by atoms with Gasteiger partial charge in [0.1, 0.15) is 0 Å². The van der Waals surface area contributed by atoms with Gasteiger partial charge >= 0.3 is 0 Å². The average molecular weight is 254 g/mol. The molecule has 1 fully saturated rings. The third kappa shape index (κ3) is 3.91. The first-order valence-corrected chi connectivity index (χ1v) is 6.03. The van der Waals surface area contributed by atoms with Crippen molar-refractivity contribution in [3.8, 4) is 0 Å². The lowest BCUT2D eigenvalue weighted by molar-refractivity contribution is 0.187. The Morgan fingerprint density at radius 3 is 2.71 bits per heavy atom. The first-order valence-electron chi connectivity index (χ1n) is 5.65. The Morgan fingerprint density at radius 2 is 2.12 bits per heavy atom. The van der Waals surface area contributed by atoms with Gasteiger partial charge in [0, 0.05) is 11.1 Å². The molecule has 0 heterocycles. The number of hydrogen-bond donors (Lipinski definition) is 3. The van der Waals surface area contributed by atoms with Crippen LogP contribution in [0.5, 0.6) is 0 Å². The number of rotatable bonds is 4. The minimum atomic E-state index is -0.646. The smallest absolute Gasteiger partial charge is 0.188 e. The normalized spacial score (nSPS) is 17.9. The number of aliphatic imine (C=N–C) groups is 1. The second kappa shape index (κ2) is 5.38. The monoisotopic (exact) mass is 253 g/mol. The molecule has 17 heavy (non-hydrogen) atoms. The van der Waals surface area contributed by atoms with Crippen molar-refractivity contribution in [1.29, 1.82) is 0 Å². The summed E-state index contributed by atoms with van der Waals surface area (Å²) in [7, 11) is 0.